The number of nitro groups is 1. The summed E-state index contributed by atoms with van der Waals surface area (Å²) in [7, 11) is 0. The summed E-state index contributed by atoms with van der Waals surface area (Å²) in [5.41, 5.74) is 5.00. The van der Waals surface area contributed by atoms with Gasteiger partial charge in [0, 0.05) is 17.7 Å². The molecule has 1 aliphatic carbocycles. The van der Waals surface area contributed by atoms with Crippen LogP contribution < -0.4 is 5.32 Å². The van der Waals surface area contributed by atoms with Gasteiger partial charge in [-0.25, -0.2) is 9.78 Å². The van der Waals surface area contributed by atoms with Gasteiger partial charge in [-0.3, -0.25) is 10.1 Å². The van der Waals surface area contributed by atoms with Crippen molar-refractivity contribution >= 4 is 23.4 Å². The fraction of sp³-hybridized carbons (Fsp3) is 0.167. The number of carbonyl (C=O) groups is 1. The van der Waals surface area contributed by atoms with Crippen LogP contribution in [0.4, 0.5) is 10.5 Å². The summed E-state index contributed by atoms with van der Waals surface area (Å²) in [5.74, 6) is 5.49. The number of halogens is 1. The second kappa shape index (κ2) is 9.08. The largest absolute Gasteiger partial charge is 0.449 e. The molecule has 3 aromatic rings. The fourth-order valence-corrected chi connectivity index (χ4v) is 4.06. The standard InChI is InChI=1S/C24H18ClN3O4/c1-15-16(13-27-23(25)22(15)28(30)31)7-6-12-26-24(29)32-14-21-19-10-4-2-8-17(19)18-9-3-5-11-20(18)21/h2-5,8-11,13,21H,12,14H2,1H3,(H,26,29). The van der Waals surface area contributed by atoms with Gasteiger partial charge < -0.3 is 10.1 Å². The number of nitrogens with zero attached hydrogens (tertiary/aromatic N) is 2. The van der Waals surface area contributed by atoms with E-state index in [-0.39, 0.29) is 29.9 Å². The molecule has 0 radical (unpaired) electrons. The zero-order chi connectivity index (χ0) is 22.7. The van der Waals surface area contributed by atoms with Crippen molar-refractivity contribution in [1.29, 1.82) is 0 Å². The van der Waals surface area contributed by atoms with Gasteiger partial charge in [-0.1, -0.05) is 72.0 Å². The molecule has 32 heavy (non-hydrogen) atoms. The maximum absolute atomic E-state index is 12.2. The van der Waals surface area contributed by atoms with Gasteiger partial charge in [-0.15, -0.1) is 0 Å². The Morgan fingerprint density at radius 2 is 1.81 bits per heavy atom. The number of fused-ring (bicyclic) bond motifs is 3. The van der Waals surface area contributed by atoms with Crippen LogP contribution in [0.2, 0.25) is 5.15 Å². The van der Waals surface area contributed by atoms with Crippen molar-refractivity contribution in [2.45, 2.75) is 12.8 Å². The number of benzene rings is 2. The van der Waals surface area contributed by atoms with Crippen LogP contribution in [0.1, 0.15) is 28.2 Å². The monoisotopic (exact) mass is 447 g/mol. The minimum Gasteiger partial charge on any atom is -0.449 e. The second-order valence-electron chi connectivity index (χ2n) is 7.17. The molecule has 1 heterocycles. The van der Waals surface area contributed by atoms with E-state index in [9.17, 15) is 14.9 Å². The van der Waals surface area contributed by atoms with Gasteiger partial charge in [0.25, 0.3) is 0 Å². The third-order valence-electron chi connectivity index (χ3n) is 5.33. The van der Waals surface area contributed by atoms with Crippen LogP contribution in [0.5, 0.6) is 0 Å². The average molecular weight is 448 g/mol. The second-order valence-corrected chi connectivity index (χ2v) is 7.53. The Kier molecular flexibility index (Phi) is 6.06. The van der Waals surface area contributed by atoms with Crippen LogP contribution in [0, 0.1) is 28.9 Å². The Balaban J connectivity index is 1.37. The number of pyridine rings is 1. The van der Waals surface area contributed by atoms with E-state index in [0.29, 0.717) is 11.1 Å². The normalized spacial score (nSPS) is 11.7. The van der Waals surface area contributed by atoms with E-state index in [1.54, 1.807) is 6.92 Å². The number of rotatable bonds is 4. The predicted octanol–water partition coefficient (Wildman–Crippen LogP) is 4.84. The first-order valence-corrected chi connectivity index (χ1v) is 10.2. The lowest BCUT2D eigenvalue weighted by molar-refractivity contribution is -0.385. The number of nitrogens with one attached hydrogen (secondary N) is 1. The lowest BCUT2D eigenvalue weighted by Gasteiger charge is -2.14. The summed E-state index contributed by atoms with van der Waals surface area (Å²) in [6, 6.07) is 16.2. The molecular formula is C24H18ClN3O4. The summed E-state index contributed by atoms with van der Waals surface area (Å²) < 4.78 is 5.45. The van der Waals surface area contributed by atoms with Gasteiger partial charge in [0.15, 0.2) is 0 Å². The molecule has 8 heteroatoms. The molecular weight excluding hydrogens is 430 g/mol. The first-order chi connectivity index (χ1) is 15.5. The first kappa shape index (κ1) is 21.3. The summed E-state index contributed by atoms with van der Waals surface area (Å²) in [6.07, 6.45) is 0.781. The minimum atomic E-state index is -0.592. The van der Waals surface area contributed by atoms with Gasteiger partial charge in [-0.2, -0.15) is 0 Å². The van der Waals surface area contributed by atoms with Crippen LogP contribution in [0.15, 0.2) is 54.7 Å². The third-order valence-corrected chi connectivity index (χ3v) is 5.61. The third kappa shape index (κ3) is 4.13. The molecule has 0 atom stereocenters. The number of hydrogen-bond acceptors (Lipinski definition) is 5. The number of hydrogen-bond donors (Lipinski definition) is 1. The number of amides is 1. The highest BCUT2D eigenvalue weighted by Crippen LogP contribution is 2.44. The van der Waals surface area contributed by atoms with Gasteiger partial charge in [-0.05, 0) is 29.2 Å². The van der Waals surface area contributed by atoms with Gasteiger partial charge >= 0.3 is 11.8 Å². The smallest absolute Gasteiger partial charge is 0.407 e. The topological polar surface area (TPSA) is 94.4 Å². The highest BCUT2D eigenvalue weighted by molar-refractivity contribution is 6.31. The van der Waals surface area contributed by atoms with E-state index in [1.807, 2.05) is 24.3 Å². The van der Waals surface area contributed by atoms with E-state index >= 15 is 0 Å². The molecule has 4 rings (SSSR count). The SMILES string of the molecule is Cc1c(C#CCNC(=O)OCC2c3ccccc3-c3ccccc32)cnc(Cl)c1[N+](=O)[O-]. The highest BCUT2D eigenvalue weighted by Gasteiger charge is 2.28. The molecule has 160 valence electrons. The Hall–Kier alpha value is -3.89. The molecule has 0 fully saturated rings. The fourth-order valence-electron chi connectivity index (χ4n) is 3.80. The van der Waals surface area contributed by atoms with Crippen LogP contribution in [-0.4, -0.2) is 29.2 Å². The summed E-state index contributed by atoms with van der Waals surface area (Å²) in [5, 5.41) is 13.5. The van der Waals surface area contributed by atoms with Gasteiger partial charge in [0.1, 0.15) is 6.61 Å². The maximum atomic E-state index is 12.2. The van der Waals surface area contributed by atoms with E-state index in [2.05, 4.69) is 46.4 Å². The number of alkyl carbamates (subject to hydrolysis) is 1. The summed E-state index contributed by atoms with van der Waals surface area (Å²) >= 11 is 5.78. The Bertz CT molecular complexity index is 1230. The number of carbonyl (C=O) groups excluding carboxylic acids is 1. The molecule has 0 spiro atoms. The Morgan fingerprint density at radius 1 is 1.19 bits per heavy atom. The molecule has 0 aliphatic heterocycles. The van der Waals surface area contributed by atoms with Crippen molar-refractivity contribution in [3.63, 3.8) is 0 Å². The number of aromatic nitrogens is 1. The van der Waals surface area contributed by atoms with Crippen molar-refractivity contribution in [2.75, 3.05) is 13.2 Å². The van der Waals surface area contributed by atoms with Gasteiger partial charge in [0.05, 0.1) is 17.0 Å². The predicted molar refractivity (Wildman–Crippen MR) is 121 cm³/mol. The lowest BCUT2D eigenvalue weighted by atomic mass is 9.98. The Labute approximate surface area is 189 Å². The summed E-state index contributed by atoms with van der Waals surface area (Å²) in [6.45, 7) is 1.78. The van der Waals surface area contributed by atoms with E-state index < -0.39 is 11.0 Å². The highest BCUT2D eigenvalue weighted by atomic mass is 35.5. The average Bonchev–Trinajstić information content (AvgIpc) is 3.10. The van der Waals surface area contributed by atoms with Crippen molar-refractivity contribution in [1.82, 2.24) is 10.3 Å². The molecule has 0 saturated heterocycles. The van der Waals surface area contributed by atoms with Crippen LogP contribution in [-0.2, 0) is 4.74 Å². The maximum Gasteiger partial charge on any atom is 0.407 e. The quantitative estimate of drug-likeness (QED) is 0.267. The summed E-state index contributed by atoms with van der Waals surface area (Å²) in [4.78, 5) is 26.5. The van der Waals surface area contributed by atoms with E-state index in [0.717, 1.165) is 22.3 Å². The molecule has 1 N–H and O–H groups in total. The van der Waals surface area contributed by atoms with E-state index in [4.69, 9.17) is 16.3 Å². The lowest BCUT2D eigenvalue weighted by Crippen LogP contribution is -2.26. The first-order valence-electron chi connectivity index (χ1n) is 9.84. The van der Waals surface area contributed by atoms with E-state index in [1.165, 1.54) is 6.20 Å². The number of ether oxygens (including phenoxy) is 1. The van der Waals surface area contributed by atoms with Crippen LogP contribution >= 0.6 is 11.6 Å². The minimum absolute atomic E-state index is 0.0204. The van der Waals surface area contributed by atoms with Crippen LogP contribution in [0.3, 0.4) is 0 Å². The van der Waals surface area contributed by atoms with Crippen molar-refractivity contribution in [2.24, 2.45) is 0 Å². The molecule has 2 aromatic carbocycles. The zero-order valence-electron chi connectivity index (χ0n) is 17.1. The van der Waals surface area contributed by atoms with Crippen molar-refractivity contribution in [3.8, 4) is 23.0 Å². The molecule has 0 saturated carbocycles. The molecule has 1 aliphatic rings. The molecule has 1 aromatic heterocycles. The van der Waals surface area contributed by atoms with Crippen molar-refractivity contribution < 1.29 is 14.5 Å². The van der Waals surface area contributed by atoms with Crippen LogP contribution in [0.25, 0.3) is 11.1 Å². The zero-order valence-corrected chi connectivity index (χ0v) is 17.8. The van der Waals surface area contributed by atoms with Gasteiger partial charge in [0.2, 0.25) is 5.15 Å². The Morgan fingerprint density at radius 3 is 2.44 bits per heavy atom. The molecule has 7 nitrogen and oxygen atoms in total. The molecule has 0 unspecified atom stereocenters. The van der Waals surface area contributed by atoms with Crippen molar-refractivity contribution in [3.05, 3.63) is 92.2 Å². The molecule has 0 bridgehead atoms. The molecule has 1 amide bonds.